The highest BCUT2D eigenvalue weighted by Gasteiger charge is 2.14. The van der Waals surface area contributed by atoms with Crippen LogP contribution in [0.1, 0.15) is 20.8 Å². The van der Waals surface area contributed by atoms with Gasteiger partial charge in [0.1, 0.15) is 0 Å². The fraction of sp³-hybridized carbons (Fsp3) is 0.909. The molecular weight excluding hydrogens is 210 g/mol. The van der Waals surface area contributed by atoms with Crippen LogP contribution in [-0.4, -0.2) is 61.5 Å². The third-order valence-corrected chi connectivity index (χ3v) is 2.09. The van der Waals surface area contributed by atoms with Crippen LogP contribution in [0.15, 0.2) is 0 Å². The molecule has 16 heavy (non-hydrogen) atoms. The maximum absolute atomic E-state index is 11.2. The lowest BCUT2D eigenvalue weighted by atomic mass is 10.3. The number of likely N-dealkylation sites (N-methyl/N-ethyl adjacent to an activating group) is 1. The van der Waals surface area contributed by atoms with E-state index in [2.05, 4.69) is 0 Å². The Hall–Kier alpha value is -0.650. The van der Waals surface area contributed by atoms with Crippen LogP contribution in [0, 0.1) is 0 Å². The molecule has 0 fully saturated rings. The number of ether oxygens (including phenoxy) is 2. The van der Waals surface area contributed by atoms with Crippen molar-refractivity contribution in [2.24, 2.45) is 0 Å². The summed E-state index contributed by atoms with van der Waals surface area (Å²) in [7, 11) is 0. The first-order valence-corrected chi connectivity index (χ1v) is 5.77. The smallest absolute Gasteiger partial charge is 0.320 e. The third kappa shape index (κ3) is 7.62. The van der Waals surface area contributed by atoms with Crippen molar-refractivity contribution in [1.82, 2.24) is 4.90 Å². The first-order valence-electron chi connectivity index (χ1n) is 5.77. The Labute approximate surface area is 97.3 Å². The lowest BCUT2D eigenvalue weighted by Crippen LogP contribution is -2.38. The fourth-order valence-corrected chi connectivity index (χ4v) is 1.30. The summed E-state index contributed by atoms with van der Waals surface area (Å²) in [5.74, 6) is -0.257. The lowest BCUT2D eigenvalue weighted by molar-refractivity contribution is -0.144. The first-order chi connectivity index (χ1) is 7.63. The topological polar surface area (TPSA) is 59.0 Å². The zero-order valence-electron chi connectivity index (χ0n) is 10.4. The molecule has 5 heteroatoms. The largest absolute Gasteiger partial charge is 0.465 e. The molecule has 0 saturated carbocycles. The minimum atomic E-state index is -0.561. The number of aliphatic hydroxyl groups excluding tert-OH is 1. The van der Waals surface area contributed by atoms with Crippen molar-refractivity contribution in [2.75, 3.05) is 39.5 Å². The van der Waals surface area contributed by atoms with Gasteiger partial charge >= 0.3 is 5.97 Å². The van der Waals surface area contributed by atoms with Gasteiger partial charge in [-0.2, -0.15) is 0 Å². The number of carbonyl (C=O) groups is 1. The third-order valence-electron chi connectivity index (χ3n) is 2.09. The molecule has 0 bridgehead atoms. The second-order valence-corrected chi connectivity index (χ2v) is 3.45. The lowest BCUT2D eigenvalue weighted by Gasteiger charge is -2.22. The summed E-state index contributed by atoms with van der Waals surface area (Å²) in [6, 6.07) is 0. The van der Waals surface area contributed by atoms with Crippen molar-refractivity contribution in [3.05, 3.63) is 0 Å². The highest BCUT2D eigenvalue weighted by molar-refractivity contribution is 5.71. The number of carbonyl (C=O) groups excluding carboxylic acids is 1. The van der Waals surface area contributed by atoms with E-state index in [0.717, 1.165) is 0 Å². The van der Waals surface area contributed by atoms with Crippen LogP contribution >= 0.6 is 0 Å². The van der Waals surface area contributed by atoms with Crippen molar-refractivity contribution in [2.45, 2.75) is 26.9 Å². The van der Waals surface area contributed by atoms with E-state index in [0.29, 0.717) is 32.9 Å². The summed E-state index contributed by atoms with van der Waals surface area (Å²) in [5.41, 5.74) is 0. The van der Waals surface area contributed by atoms with Gasteiger partial charge in [0, 0.05) is 13.2 Å². The molecule has 0 aliphatic carbocycles. The molecule has 0 amide bonds. The molecule has 96 valence electrons. The molecule has 1 atom stereocenters. The van der Waals surface area contributed by atoms with Gasteiger partial charge in [-0.1, -0.05) is 6.92 Å². The minimum Gasteiger partial charge on any atom is -0.465 e. The quantitative estimate of drug-likeness (QED) is 0.579. The van der Waals surface area contributed by atoms with E-state index < -0.39 is 6.10 Å². The number of esters is 1. The molecule has 0 spiro atoms. The van der Waals surface area contributed by atoms with Gasteiger partial charge in [-0.3, -0.25) is 9.69 Å². The molecule has 0 radical (unpaired) electrons. The van der Waals surface area contributed by atoms with E-state index in [-0.39, 0.29) is 12.5 Å². The SMILES string of the molecule is CCOCC(O)CN(CC)CC(=O)OCC. The van der Waals surface area contributed by atoms with Gasteiger partial charge in [-0.15, -0.1) is 0 Å². The number of rotatable bonds is 9. The summed E-state index contributed by atoms with van der Waals surface area (Å²) in [6.45, 7) is 8.20. The Balaban J connectivity index is 3.85. The highest BCUT2D eigenvalue weighted by Crippen LogP contribution is 1.95. The molecule has 0 heterocycles. The second-order valence-electron chi connectivity index (χ2n) is 3.45. The standard InChI is InChI=1S/C11H23NO4/c1-4-12(8-11(14)16-6-3)7-10(13)9-15-5-2/h10,13H,4-9H2,1-3H3. The number of hydrogen-bond donors (Lipinski definition) is 1. The molecule has 1 N–H and O–H groups in total. The van der Waals surface area contributed by atoms with E-state index in [1.54, 1.807) is 6.92 Å². The van der Waals surface area contributed by atoms with Gasteiger partial charge in [0.15, 0.2) is 0 Å². The monoisotopic (exact) mass is 233 g/mol. The van der Waals surface area contributed by atoms with Crippen LogP contribution in [0.2, 0.25) is 0 Å². The average molecular weight is 233 g/mol. The molecule has 0 saturated heterocycles. The summed E-state index contributed by atoms with van der Waals surface area (Å²) in [5, 5.41) is 9.61. The molecule has 0 rings (SSSR count). The van der Waals surface area contributed by atoms with Crippen LogP contribution in [0.3, 0.4) is 0 Å². The Bertz CT molecular complexity index is 187. The Kier molecular flexibility index (Phi) is 9.18. The minimum absolute atomic E-state index is 0.216. The zero-order chi connectivity index (χ0) is 12.4. The predicted molar refractivity (Wildman–Crippen MR) is 61.2 cm³/mol. The van der Waals surface area contributed by atoms with Crippen LogP contribution in [-0.2, 0) is 14.3 Å². The molecule has 0 aromatic rings. The van der Waals surface area contributed by atoms with E-state index in [4.69, 9.17) is 9.47 Å². The van der Waals surface area contributed by atoms with Crippen LogP contribution in [0.5, 0.6) is 0 Å². The highest BCUT2D eigenvalue weighted by atomic mass is 16.5. The maximum Gasteiger partial charge on any atom is 0.320 e. The van der Waals surface area contributed by atoms with E-state index in [9.17, 15) is 9.90 Å². The van der Waals surface area contributed by atoms with Crippen molar-refractivity contribution >= 4 is 5.97 Å². The Morgan fingerprint density at radius 2 is 2.00 bits per heavy atom. The summed E-state index contributed by atoms with van der Waals surface area (Å²) < 4.78 is 9.94. The molecule has 5 nitrogen and oxygen atoms in total. The predicted octanol–water partition coefficient (Wildman–Crippen LogP) is 0.269. The average Bonchev–Trinajstić information content (AvgIpc) is 2.25. The van der Waals surface area contributed by atoms with Gasteiger partial charge in [0.05, 0.1) is 25.9 Å². The van der Waals surface area contributed by atoms with Crippen molar-refractivity contribution < 1.29 is 19.4 Å². The molecule has 0 aliphatic rings. The number of nitrogens with zero attached hydrogens (tertiary/aromatic N) is 1. The van der Waals surface area contributed by atoms with Crippen LogP contribution in [0.25, 0.3) is 0 Å². The van der Waals surface area contributed by atoms with E-state index >= 15 is 0 Å². The second kappa shape index (κ2) is 9.57. The number of aliphatic hydroxyl groups is 1. The molecular formula is C11H23NO4. The van der Waals surface area contributed by atoms with Gasteiger partial charge in [-0.25, -0.2) is 0 Å². The van der Waals surface area contributed by atoms with E-state index in [1.165, 1.54) is 0 Å². The van der Waals surface area contributed by atoms with Crippen LogP contribution < -0.4 is 0 Å². The van der Waals surface area contributed by atoms with Crippen LogP contribution in [0.4, 0.5) is 0 Å². The first kappa shape index (κ1) is 15.3. The Morgan fingerprint density at radius 1 is 1.31 bits per heavy atom. The van der Waals surface area contributed by atoms with Crippen molar-refractivity contribution in [3.63, 3.8) is 0 Å². The summed E-state index contributed by atoms with van der Waals surface area (Å²) >= 11 is 0. The zero-order valence-corrected chi connectivity index (χ0v) is 10.4. The summed E-state index contributed by atoms with van der Waals surface area (Å²) in [6.07, 6.45) is -0.561. The number of hydrogen-bond acceptors (Lipinski definition) is 5. The fourth-order valence-electron chi connectivity index (χ4n) is 1.30. The molecule has 0 aromatic heterocycles. The van der Waals surface area contributed by atoms with Gasteiger partial charge < -0.3 is 14.6 Å². The molecule has 1 unspecified atom stereocenters. The Morgan fingerprint density at radius 3 is 2.50 bits per heavy atom. The van der Waals surface area contributed by atoms with Gasteiger partial charge in [0.25, 0.3) is 0 Å². The van der Waals surface area contributed by atoms with Crippen molar-refractivity contribution in [3.8, 4) is 0 Å². The van der Waals surface area contributed by atoms with E-state index in [1.807, 2.05) is 18.7 Å². The maximum atomic E-state index is 11.2. The molecule has 0 aliphatic heterocycles. The normalized spacial score (nSPS) is 12.8. The molecule has 0 aromatic carbocycles. The van der Waals surface area contributed by atoms with Gasteiger partial charge in [0.2, 0.25) is 0 Å². The van der Waals surface area contributed by atoms with Gasteiger partial charge in [-0.05, 0) is 20.4 Å². The van der Waals surface area contributed by atoms with Crippen molar-refractivity contribution in [1.29, 1.82) is 0 Å². The summed E-state index contributed by atoms with van der Waals surface area (Å²) in [4.78, 5) is 13.1.